The molecule has 0 aliphatic heterocycles. The second kappa shape index (κ2) is 27.9. The van der Waals surface area contributed by atoms with Gasteiger partial charge in [0.2, 0.25) is 0 Å². The SMILES string of the molecule is CCCCCCC=CCCCCCCCC(=O)OC1CC(C)=C(C=CC(C)=CC=CC(C)=CC=CC=C(C)C=CC=C(C)C=CC2=C(C)CCCC2(C)C)C(C)(C)C1. The lowest BCUT2D eigenvalue weighted by Gasteiger charge is -2.37. The molecule has 0 saturated carbocycles. The molecular formula is C56H84O2. The summed E-state index contributed by atoms with van der Waals surface area (Å²) in [5, 5.41) is 0. The van der Waals surface area contributed by atoms with Crippen molar-refractivity contribution >= 4 is 5.97 Å². The van der Waals surface area contributed by atoms with Crippen LogP contribution in [0.3, 0.4) is 0 Å². The van der Waals surface area contributed by atoms with Crippen molar-refractivity contribution in [1.29, 1.82) is 0 Å². The van der Waals surface area contributed by atoms with E-state index in [-0.39, 0.29) is 22.9 Å². The van der Waals surface area contributed by atoms with Crippen LogP contribution in [0.15, 0.2) is 142 Å². The molecule has 2 aliphatic carbocycles. The standard InChI is InChI=1S/C56H84O2/c1-12-13-14-15-16-17-18-19-20-21-22-23-24-37-54(57)58-51-43-50(7)53(56(10,11)44-51)41-39-48(5)35-28-33-46(3)31-26-25-30-45(2)32-27-34-47(4)38-40-52-49(6)36-29-42-55(52,8)9/h17-18,25-28,30-35,38-41,51H,12-16,19-24,29,36-37,42-44H2,1-11H3. The maximum atomic E-state index is 12.7. The van der Waals surface area contributed by atoms with Crippen LogP contribution >= 0.6 is 0 Å². The minimum absolute atomic E-state index is 0.0304. The molecule has 320 valence electrons. The Balaban J connectivity index is 1.76. The molecule has 58 heavy (non-hydrogen) atoms. The van der Waals surface area contributed by atoms with Crippen LogP contribution in [-0.4, -0.2) is 12.1 Å². The molecule has 0 aromatic heterocycles. The normalized spacial score (nSPS) is 20.2. The molecule has 2 heteroatoms. The van der Waals surface area contributed by atoms with Crippen LogP contribution in [0.1, 0.15) is 185 Å². The number of unbranched alkanes of at least 4 members (excludes halogenated alkanes) is 9. The van der Waals surface area contributed by atoms with E-state index >= 15 is 0 Å². The second-order valence-electron chi connectivity index (χ2n) is 18.6. The molecule has 2 rings (SSSR count). The first kappa shape index (κ1) is 50.5. The van der Waals surface area contributed by atoms with Gasteiger partial charge in [0, 0.05) is 12.8 Å². The molecule has 0 aromatic rings. The third kappa shape index (κ3) is 21.4. The van der Waals surface area contributed by atoms with Gasteiger partial charge in [-0.25, -0.2) is 0 Å². The summed E-state index contributed by atoms with van der Waals surface area (Å²) in [7, 11) is 0. The van der Waals surface area contributed by atoms with E-state index in [1.807, 2.05) is 0 Å². The predicted molar refractivity (Wildman–Crippen MR) is 257 cm³/mol. The van der Waals surface area contributed by atoms with E-state index in [2.05, 4.69) is 173 Å². The van der Waals surface area contributed by atoms with Gasteiger partial charge >= 0.3 is 5.97 Å². The van der Waals surface area contributed by atoms with Crippen molar-refractivity contribution < 1.29 is 9.53 Å². The number of rotatable bonds is 24. The van der Waals surface area contributed by atoms with Gasteiger partial charge in [0.1, 0.15) is 6.10 Å². The number of carbonyl (C=O) groups is 1. The molecule has 1 atom stereocenters. The van der Waals surface area contributed by atoms with E-state index in [1.54, 1.807) is 0 Å². The molecule has 0 spiro atoms. The fourth-order valence-electron chi connectivity index (χ4n) is 8.24. The van der Waals surface area contributed by atoms with Crippen molar-refractivity contribution in [3.8, 4) is 0 Å². The first-order valence-corrected chi connectivity index (χ1v) is 23.0. The number of hydrogen-bond acceptors (Lipinski definition) is 2. The quantitative estimate of drug-likeness (QED) is 0.0421. The summed E-state index contributed by atoms with van der Waals surface area (Å²) in [6.07, 6.45) is 54.7. The highest BCUT2D eigenvalue weighted by Gasteiger charge is 2.34. The van der Waals surface area contributed by atoms with E-state index in [4.69, 9.17) is 4.74 Å². The van der Waals surface area contributed by atoms with Crippen LogP contribution < -0.4 is 0 Å². The van der Waals surface area contributed by atoms with E-state index in [0.29, 0.717) is 6.42 Å². The molecule has 0 fully saturated rings. The summed E-state index contributed by atoms with van der Waals surface area (Å²) < 4.78 is 6.01. The van der Waals surface area contributed by atoms with Crippen LogP contribution in [0.5, 0.6) is 0 Å². The lowest BCUT2D eigenvalue weighted by Crippen LogP contribution is -2.31. The van der Waals surface area contributed by atoms with Gasteiger partial charge in [0.05, 0.1) is 0 Å². The predicted octanol–water partition coefficient (Wildman–Crippen LogP) is 17.4. The molecule has 0 radical (unpaired) electrons. The van der Waals surface area contributed by atoms with Crippen LogP contribution in [0.2, 0.25) is 0 Å². The molecule has 0 heterocycles. The molecule has 0 N–H and O–H groups in total. The van der Waals surface area contributed by atoms with Gasteiger partial charge in [-0.15, -0.1) is 0 Å². The van der Waals surface area contributed by atoms with Gasteiger partial charge in [-0.05, 0) is 121 Å². The van der Waals surface area contributed by atoms with Crippen molar-refractivity contribution in [2.24, 2.45) is 10.8 Å². The fraction of sp³-hybridized carbons (Fsp3) is 0.554. The highest BCUT2D eigenvalue weighted by atomic mass is 16.5. The third-order valence-corrected chi connectivity index (χ3v) is 11.7. The number of esters is 1. The number of allylic oxidation sites excluding steroid dienone is 23. The summed E-state index contributed by atoms with van der Waals surface area (Å²) in [6, 6.07) is 0. The van der Waals surface area contributed by atoms with Crippen LogP contribution in [0.25, 0.3) is 0 Å². The Morgan fingerprint density at radius 2 is 1.10 bits per heavy atom. The van der Waals surface area contributed by atoms with Crippen LogP contribution in [-0.2, 0) is 9.53 Å². The Labute approximate surface area is 358 Å². The maximum absolute atomic E-state index is 12.7. The Hall–Kier alpha value is -3.65. The average molecular weight is 789 g/mol. The van der Waals surface area contributed by atoms with E-state index < -0.39 is 0 Å². The van der Waals surface area contributed by atoms with Gasteiger partial charge < -0.3 is 4.74 Å². The van der Waals surface area contributed by atoms with Crippen LogP contribution in [0, 0.1) is 10.8 Å². The Bertz CT molecular complexity index is 1640. The van der Waals surface area contributed by atoms with Crippen molar-refractivity contribution in [2.45, 2.75) is 191 Å². The molecule has 2 nitrogen and oxygen atoms in total. The average Bonchev–Trinajstić information content (AvgIpc) is 3.14. The van der Waals surface area contributed by atoms with Gasteiger partial charge in [-0.2, -0.15) is 0 Å². The zero-order valence-corrected chi connectivity index (χ0v) is 39.2. The Morgan fingerprint density at radius 1 is 0.621 bits per heavy atom. The van der Waals surface area contributed by atoms with Gasteiger partial charge in [0.25, 0.3) is 0 Å². The summed E-state index contributed by atoms with van der Waals surface area (Å²) in [5.74, 6) is -0.0304. The first-order valence-electron chi connectivity index (χ1n) is 23.0. The molecule has 0 saturated heterocycles. The second-order valence-corrected chi connectivity index (χ2v) is 18.6. The smallest absolute Gasteiger partial charge is 0.306 e. The highest BCUT2D eigenvalue weighted by Crippen LogP contribution is 2.43. The minimum Gasteiger partial charge on any atom is -0.462 e. The Morgan fingerprint density at radius 3 is 1.64 bits per heavy atom. The van der Waals surface area contributed by atoms with Crippen molar-refractivity contribution in [1.82, 2.24) is 0 Å². The molecule has 0 bridgehead atoms. The lowest BCUT2D eigenvalue weighted by atomic mass is 9.71. The molecular weight excluding hydrogens is 705 g/mol. The topological polar surface area (TPSA) is 26.3 Å². The van der Waals surface area contributed by atoms with E-state index in [1.165, 1.54) is 122 Å². The van der Waals surface area contributed by atoms with Gasteiger partial charge in [-0.1, -0.05) is 204 Å². The molecule has 0 aromatic carbocycles. The van der Waals surface area contributed by atoms with Crippen molar-refractivity contribution in [2.75, 3.05) is 0 Å². The summed E-state index contributed by atoms with van der Waals surface area (Å²) in [4.78, 5) is 12.7. The maximum Gasteiger partial charge on any atom is 0.306 e. The van der Waals surface area contributed by atoms with Crippen molar-refractivity contribution in [3.63, 3.8) is 0 Å². The van der Waals surface area contributed by atoms with E-state index in [9.17, 15) is 4.79 Å². The number of hydrogen-bond donors (Lipinski definition) is 0. The summed E-state index contributed by atoms with van der Waals surface area (Å²) >= 11 is 0. The monoisotopic (exact) mass is 789 g/mol. The third-order valence-electron chi connectivity index (χ3n) is 11.7. The zero-order valence-electron chi connectivity index (χ0n) is 39.2. The lowest BCUT2D eigenvalue weighted by molar-refractivity contribution is -0.150. The molecule has 0 amide bonds. The van der Waals surface area contributed by atoms with Crippen molar-refractivity contribution in [3.05, 3.63) is 142 Å². The Kier molecular flexibility index (Phi) is 24.3. The fourth-order valence-corrected chi connectivity index (χ4v) is 8.24. The van der Waals surface area contributed by atoms with Gasteiger partial charge in [-0.3, -0.25) is 4.79 Å². The molecule has 1 unspecified atom stereocenters. The van der Waals surface area contributed by atoms with E-state index in [0.717, 1.165) is 25.7 Å². The molecule has 2 aliphatic rings. The zero-order chi connectivity index (χ0) is 42.8. The minimum atomic E-state index is -0.0473. The highest BCUT2D eigenvalue weighted by molar-refractivity contribution is 5.69. The number of ether oxygens (including phenoxy) is 1. The summed E-state index contributed by atoms with van der Waals surface area (Å²) in [6.45, 7) is 24.6. The first-order chi connectivity index (χ1) is 27.6. The largest absolute Gasteiger partial charge is 0.462 e. The summed E-state index contributed by atoms with van der Waals surface area (Å²) in [5.41, 5.74) is 10.8. The van der Waals surface area contributed by atoms with Crippen LogP contribution in [0.4, 0.5) is 0 Å². The number of carbonyl (C=O) groups excluding carboxylic acids is 1. The van der Waals surface area contributed by atoms with Gasteiger partial charge in [0.15, 0.2) is 0 Å².